The summed E-state index contributed by atoms with van der Waals surface area (Å²) in [7, 11) is 1.48. The summed E-state index contributed by atoms with van der Waals surface area (Å²) in [6.07, 6.45) is 0. The number of anilines is 1. The Hall–Kier alpha value is -4.20. The fourth-order valence-electron chi connectivity index (χ4n) is 2.89. The van der Waals surface area contributed by atoms with Crippen LogP contribution in [-0.2, 0) is 0 Å². The molecule has 1 N–H and O–H groups in total. The smallest absolute Gasteiger partial charge is 0.270 e. The molecule has 8 nitrogen and oxygen atoms in total. The number of nitrogens with zero attached hydrogens (tertiary/aromatic N) is 2. The number of hydrogen-bond donors (Lipinski definition) is 1. The molecule has 0 spiro atoms. The van der Waals surface area contributed by atoms with Gasteiger partial charge in [0.1, 0.15) is 11.3 Å². The van der Waals surface area contributed by atoms with Crippen molar-refractivity contribution in [1.29, 1.82) is 0 Å². The number of nitrogens with one attached hydrogen (secondary N) is 1. The zero-order chi connectivity index (χ0) is 20.4. The predicted molar refractivity (Wildman–Crippen MR) is 107 cm³/mol. The van der Waals surface area contributed by atoms with Crippen LogP contribution in [-0.4, -0.2) is 22.9 Å². The first-order chi connectivity index (χ1) is 14.0. The number of non-ortho nitro benzene ring substituents is 1. The Kier molecular flexibility index (Phi) is 4.66. The summed E-state index contributed by atoms with van der Waals surface area (Å²) in [6, 6.07) is 18.0. The number of aromatic nitrogens is 1. The zero-order valence-electron chi connectivity index (χ0n) is 15.3. The predicted octanol–water partition coefficient (Wildman–Crippen LogP) is 4.66. The molecule has 0 unspecified atom stereocenters. The molecule has 0 saturated carbocycles. The molecule has 0 radical (unpaired) electrons. The molecule has 3 aromatic carbocycles. The van der Waals surface area contributed by atoms with Gasteiger partial charge in [-0.3, -0.25) is 14.9 Å². The number of oxazole rings is 1. The summed E-state index contributed by atoms with van der Waals surface area (Å²) in [5.74, 6) is 0.338. The number of nitro benzene ring substituents is 1. The minimum Gasteiger partial charge on any atom is -0.495 e. The number of nitro groups is 1. The van der Waals surface area contributed by atoms with E-state index in [1.807, 2.05) is 24.3 Å². The molecule has 0 aliphatic carbocycles. The van der Waals surface area contributed by atoms with Gasteiger partial charge in [0.2, 0.25) is 5.89 Å². The summed E-state index contributed by atoms with van der Waals surface area (Å²) < 4.78 is 11.1. The van der Waals surface area contributed by atoms with Gasteiger partial charge in [-0.15, -0.1) is 0 Å². The van der Waals surface area contributed by atoms with Crippen LogP contribution in [0.3, 0.4) is 0 Å². The van der Waals surface area contributed by atoms with E-state index in [0.29, 0.717) is 28.5 Å². The molecule has 0 aliphatic heterocycles. The Balaban J connectivity index is 1.67. The topological polar surface area (TPSA) is 108 Å². The van der Waals surface area contributed by atoms with Crippen LogP contribution >= 0.6 is 0 Å². The molecule has 0 saturated heterocycles. The Morgan fingerprint density at radius 3 is 2.69 bits per heavy atom. The van der Waals surface area contributed by atoms with Gasteiger partial charge in [-0.1, -0.05) is 18.2 Å². The quantitative estimate of drug-likeness (QED) is 0.393. The van der Waals surface area contributed by atoms with Crippen LogP contribution in [0.5, 0.6) is 5.75 Å². The summed E-state index contributed by atoms with van der Waals surface area (Å²) in [5.41, 5.74) is 2.42. The molecule has 4 rings (SSSR count). The van der Waals surface area contributed by atoms with Crippen LogP contribution in [0.1, 0.15) is 10.4 Å². The van der Waals surface area contributed by atoms with Crippen molar-refractivity contribution in [2.24, 2.45) is 0 Å². The molecule has 1 amide bonds. The number of amides is 1. The van der Waals surface area contributed by atoms with Crippen molar-refractivity contribution >= 4 is 28.4 Å². The number of hydrogen-bond acceptors (Lipinski definition) is 6. The van der Waals surface area contributed by atoms with Gasteiger partial charge in [0.15, 0.2) is 5.58 Å². The van der Waals surface area contributed by atoms with Crippen molar-refractivity contribution < 1.29 is 18.9 Å². The number of fused-ring (bicyclic) bond motifs is 1. The van der Waals surface area contributed by atoms with Gasteiger partial charge in [0.05, 0.1) is 17.7 Å². The van der Waals surface area contributed by atoms with E-state index in [2.05, 4.69) is 10.3 Å². The fraction of sp³-hybridized carbons (Fsp3) is 0.0476. The molecular formula is C21H15N3O5. The van der Waals surface area contributed by atoms with Gasteiger partial charge in [0.25, 0.3) is 11.6 Å². The highest BCUT2D eigenvalue weighted by molar-refractivity contribution is 6.05. The normalized spacial score (nSPS) is 10.7. The molecule has 144 valence electrons. The van der Waals surface area contributed by atoms with Gasteiger partial charge in [-0.25, -0.2) is 4.98 Å². The number of carbonyl (C=O) groups excluding carboxylic acids is 1. The van der Waals surface area contributed by atoms with Crippen LogP contribution in [0.4, 0.5) is 11.4 Å². The maximum absolute atomic E-state index is 12.6. The molecule has 8 heteroatoms. The van der Waals surface area contributed by atoms with Gasteiger partial charge in [-0.2, -0.15) is 0 Å². The van der Waals surface area contributed by atoms with Crippen LogP contribution < -0.4 is 10.1 Å². The number of para-hydroxylation sites is 2. The molecule has 0 fully saturated rings. The Bertz CT molecular complexity index is 1200. The minimum atomic E-state index is -0.550. The lowest BCUT2D eigenvalue weighted by molar-refractivity contribution is -0.384. The summed E-state index contributed by atoms with van der Waals surface area (Å²) >= 11 is 0. The maximum atomic E-state index is 12.6. The van der Waals surface area contributed by atoms with Gasteiger partial charge in [0, 0.05) is 23.3 Å². The highest BCUT2D eigenvalue weighted by Gasteiger charge is 2.16. The second kappa shape index (κ2) is 7.43. The van der Waals surface area contributed by atoms with Gasteiger partial charge >= 0.3 is 0 Å². The third-order valence-corrected chi connectivity index (χ3v) is 4.31. The van der Waals surface area contributed by atoms with E-state index in [1.165, 1.54) is 31.4 Å². The second-order valence-electron chi connectivity index (χ2n) is 6.16. The molecule has 0 bridgehead atoms. The summed E-state index contributed by atoms with van der Waals surface area (Å²) in [4.78, 5) is 27.5. The number of rotatable bonds is 5. The van der Waals surface area contributed by atoms with Crippen LogP contribution in [0.2, 0.25) is 0 Å². The molecule has 0 aliphatic rings. The first-order valence-electron chi connectivity index (χ1n) is 8.65. The standard InChI is InChI=1S/C21H15N3O5/c1-28-18-10-9-14(21-23-16-7-2-3-8-19(16)29-21)12-17(18)22-20(25)13-5-4-6-15(11-13)24(26)27/h2-12H,1H3,(H,22,25). The Morgan fingerprint density at radius 1 is 1.10 bits per heavy atom. The molecule has 1 heterocycles. The van der Waals surface area contributed by atoms with Crippen molar-refractivity contribution in [3.8, 4) is 17.2 Å². The van der Waals surface area contributed by atoms with Crippen molar-refractivity contribution in [3.05, 3.63) is 82.4 Å². The van der Waals surface area contributed by atoms with E-state index in [-0.39, 0.29) is 11.3 Å². The number of ether oxygens (including phenoxy) is 1. The highest BCUT2D eigenvalue weighted by Crippen LogP contribution is 2.32. The van der Waals surface area contributed by atoms with E-state index >= 15 is 0 Å². The number of benzene rings is 3. The largest absolute Gasteiger partial charge is 0.495 e. The monoisotopic (exact) mass is 389 g/mol. The average Bonchev–Trinajstić information content (AvgIpc) is 3.18. The van der Waals surface area contributed by atoms with E-state index in [4.69, 9.17) is 9.15 Å². The van der Waals surface area contributed by atoms with Crippen molar-refractivity contribution in [2.75, 3.05) is 12.4 Å². The lowest BCUT2D eigenvalue weighted by Crippen LogP contribution is -2.13. The third kappa shape index (κ3) is 3.63. The SMILES string of the molecule is COc1ccc(-c2nc3ccccc3o2)cc1NC(=O)c1cccc([N+](=O)[O-])c1. The van der Waals surface area contributed by atoms with Crippen LogP contribution in [0.25, 0.3) is 22.6 Å². The fourth-order valence-corrected chi connectivity index (χ4v) is 2.89. The van der Waals surface area contributed by atoms with Crippen LogP contribution in [0, 0.1) is 10.1 Å². The van der Waals surface area contributed by atoms with E-state index < -0.39 is 10.8 Å². The Morgan fingerprint density at radius 2 is 1.93 bits per heavy atom. The molecule has 4 aromatic rings. The number of carbonyl (C=O) groups is 1. The van der Waals surface area contributed by atoms with E-state index in [1.54, 1.807) is 18.2 Å². The second-order valence-corrected chi connectivity index (χ2v) is 6.16. The van der Waals surface area contributed by atoms with Gasteiger partial charge < -0.3 is 14.5 Å². The number of methoxy groups -OCH3 is 1. The lowest BCUT2D eigenvalue weighted by atomic mass is 10.1. The average molecular weight is 389 g/mol. The highest BCUT2D eigenvalue weighted by atomic mass is 16.6. The van der Waals surface area contributed by atoms with Gasteiger partial charge in [-0.05, 0) is 36.4 Å². The lowest BCUT2D eigenvalue weighted by Gasteiger charge is -2.11. The summed E-state index contributed by atoms with van der Waals surface area (Å²) in [5, 5.41) is 13.7. The van der Waals surface area contributed by atoms with E-state index in [9.17, 15) is 14.9 Å². The minimum absolute atomic E-state index is 0.161. The van der Waals surface area contributed by atoms with Crippen molar-refractivity contribution in [3.63, 3.8) is 0 Å². The third-order valence-electron chi connectivity index (χ3n) is 4.31. The zero-order valence-corrected chi connectivity index (χ0v) is 15.3. The van der Waals surface area contributed by atoms with E-state index in [0.717, 1.165) is 5.52 Å². The maximum Gasteiger partial charge on any atom is 0.270 e. The summed E-state index contributed by atoms with van der Waals surface area (Å²) in [6.45, 7) is 0. The molecule has 29 heavy (non-hydrogen) atoms. The first kappa shape index (κ1) is 18.2. The van der Waals surface area contributed by atoms with Crippen LogP contribution in [0.15, 0.2) is 71.1 Å². The molecule has 0 atom stereocenters. The van der Waals surface area contributed by atoms with Crippen molar-refractivity contribution in [1.82, 2.24) is 4.98 Å². The Labute approximate surface area is 164 Å². The molecular weight excluding hydrogens is 374 g/mol. The van der Waals surface area contributed by atoms with Crippen molar-refractivity contribution in [2.45, 2.75) is 0 Å². The molecule has 1 aromatic heterocycles. The first-order valence-corrected chi connectivity index (χ1v) is 8.65.